The van der Waals surface area contributed by atoms with Crippen LogP contribution in [0, 0.1) is 5.41 Å². The van der Waals surface area contributed by atoms with Crippen LogP contribution in [0.1, 0.15) is 33.6 Å². The van der Waals surface area contributed by atoms with E-state index in [4.69, 9.17) is 0 Å². The van der Waals surface area contributed by atoms with Gasteiger partial charge >= 0.3 is 11.9 Å². The summed E-state index contributed by atoms with van der Waals surface area (Å²) < 4.78 is 4.29. The van der Waals surface area contributed by atoms with E-state index in [1.54, 1.807) is 0 Å². The summed E-state index contributed by atoms with van der Waals surface area (Å²) in [6, 6.07) is 0. The smallest absolute Gasteiger partial charge is 0.396 e. The van der Waals surface area contributed by atoms with Crippen LogP contribution in [0.15, 0.2) is 0 Å². The van der Waals surface area contributed by atoms with Crippen LogP contribution >= 0.6 is 0 Å². The Labute approximate surface area is 85.0 Å². The highest BCUT2D eigenvalue weighted by Gasteiger charge is 2.20. The van der Waals surface area contributed by atoms with Crippen molar-refractivity contribution in [2.24, 2.45) is 5.41 Å². The summed E-state index contributed by atoms with van der Waals surface area (Å²) >= 11 is 0. The number of carbonyl (C=O) groups is 2. The van der Waals surface area contributed by atoms with Crippen molar-refractivity contribution in [3.05, 3.63) is 0 Å². The standard InChI is InChI=1S/C10H19NO3/c1-5-6-10(2,3)7-11-8(12)9(13)14-4/h5-7H2,1-4H3,(H,11,12). The number of carbonyl (C=O) groups excluding carboxylic acids is 2. The Morgan fingerprint density at radius 1 is 1.36 bits per heavy atom. The monoisotopic (exact) mass is 201 g/mol. The number of amides is 1. The minimum atomic E-state index is -0.836. The lowest BCUT2D eigenvalue weighted by molar-refractivity contribution is -0.152. The number of ether oxygens (including phenoxy) is 1. The summed E-state index contributed by atoms with van der Waals surface area (Å²) in [5.41, 5.74) is 0.0262. The largest absolute Gasteiger partial charge is 0.462 e. The summed E-state index contributed by atoms with van der Waals surface area (Å²) in [6.07, 6.45) is 2.07. The molecule has 0 heterocycles. The van der Waals surface area contributed by atoms with Crippen LogP contribution < -0.4 is 5.32 Å². The highest BCUT2D eigenvalue weighted by atomic mass is 16.5. The average Bonchev–Trinajstić information content (AvgIpc) is 2.13. The van der Waals surface area contributed by atoms with Gasteiger partial charge in [-0.15, -0.1) is 0 Å². The van der Waals surface area contributed by atoms with E-state index >= 15 is 0 Å². The third-order valence-corrected chi connectivity index (χ3v) is 2.03. The van der Waals surface area contributed by atoms with Gasteiger partial charge in [0.15, 0.2) is 0 Å². The number of esters is 1. The first-order chi connectivity index (χ1) is 6.43. The molecule has 0 aliphatic rings. The average molecular weight is 201 g/mol. The quantitative estimate of drug-likeness (QED) is 0.547. The van der Waals surface area contributed by atoms with Gasteiger partial charge in [0.05, 0.1) is 7.11 Å². The molecule has 4 heteroatoms. The predicted octanol–water partition coefficient (Wildman–Crippen LogP) is 1.10. The van der Waals surface area contributed by atoms with Crippen molar-refractivity contribution in [1.29, 1.82) is 0 Å². The second kappa shape index (κ2) is 5.62. The van der Waals surface area contributed by atoms with E-state index in [9.17, 15) is 9.59 Å². The molecular formula is C10H19NO3. The molecule has 0 aromatic carbocycles. The molecule has 1 N–H and O–H groups in total. The van der Waals surface area contributed by atoms with Crippen LogP contribution in [0.3, 0.4) is 0 Å². The fourth-order valence-electron chi connectivity index (χ4n) is 1.25. The van der Waals surface area contributed by atoms with Crippen molar-refractivity contribution >= 4 is 11.9 Å². The van der Waals surface area contributed by atoms with Crippen LogP contribution in [0.5, 0.6) is 0 Å². The van der Waals surface area contributed by atoms with E-state index in [0.717, 1.165) is 12.8 Å². The van der Waals surface area contributed by atoms with Gasteiger partial charge in [-0.3, -0.25) is 4.79 Å². The number of hydrogen-bond acceptors (Lipinski definition) is 3. The van der Waals surface area contributed by atoms with Gasteiger partial charge in [-0.05, 0) is 11.8 Å². The first-order valence-corrected chi connectivity index (χ1v) is 4.79. The molecule has 0 fully saturated rings. The molecule has 0 unspecified atom stereocenters. The van der Waals surface area contributed by atoms with Crippen molar-refractivity contribution in [2.45, 2.75) is 33.6 Å². The lowest BCUT2D eigenvalue weighted by Gasteiger charge is -2.23. The summed E-state index contributed by atoms with van der Waals surface area (Å²) in [5, 5.41) is 2.54. The molecule has 4 nitrogen and oxygen atoms in total. The Balaban J connectivity index is 3.93. The molecule has 14 heavy (non-hydrogen) atoms. The van der Waals surface area contributed by atoms with Gasteiger partial charge in [0, 0.05) is 6.54 Å². The summed E-state index contributed by atoms with van der Waals surface area (Å²) in [6.45, 7) is 6.68. The van der Waals surface area contributed by atoms with Crippen LogP contribution in [-0.2, 0) is 14.3 Å². The molecule has 0 aliphatic heterocycles. The van der Waals surface area contributed by atoms with Gasteiger partial charge in [-0.2, -0.15) is 0 Å². The Kier molecular flexibility index (Phi) is 5.20. The van der Waals surface area contributed by atoms with Crippen molar-refractivity contribution in [2.75, 3.05) is 13.7 Å². The summed E-state index contributed by atoms with van der Waals surface area (Å²) in [4.78, 5) is 21.8. The second-order valence-corrected chi connectivity index (χ2v) is 4.09. The SMILES string of the molecule is CCCC(C)(C)CNC(=O)C(=O)OC. The zero-order valence-electron chi connectivity index (χ0n) is 9.35. The Morgan fingerprint density at radius 3 is 2.36 bits per heavy atom. The number of hydrogen-bond donors (Lipinski definition) is 1. The fraction of sp³-hybridized carbons (Fsp3) is 0.800. The molecule has 82 valence electrons. The molecule has 0 atom stereocenters. The minimum absolute atomic E-state index is 0.0262. The normalized spacial score (nSPS) is 10.9. The molecule has 0 saturated heterocycles. The van der Waals surface area contributed by atoms with Crippen molar-refractivity contribution in [1.82, 2.24) is 5.32 Å². The summed E-state index contributed by atoms with van der Waals surface area (Å²) in [5.74, 6) is -1.51. The van der Waals surface area contributed by atoms with E-state index < -0.39 is 11.9 Å². The maximum Gasteiger partial charge on any atom is 0.396 e. The molecule has 0 aromatic rings. The highest BCUT2D eigenvalue weighted by molar-refractivity contribution is 6.32. The van der Waals surface area contributed by atoms with E-state index in [0.29, 0.717) is 6.54 Å². The molecule has 0 saturated carbocycles. The van der Waals surface area contributed by atoms with Crippen molar-refractivity contribution in [3.8, 4) is 0 Å². The maximum absolute atomic E-state index is 11.0. The minimum Gasteiger partial charge on any atom is -0.462 e. The molecule has 0 aromatic heterocycles. The van der Waals surface area contributed by atoms with Gasteiger partial charge in [-0.1, -0.05) is 27.2 Å². The predicted molar refractivity (Wildman–Crippen MR) is 53.7 cm³/mol. The lowest BCUT2D eigenvalue weighted by Crippen LogP contribution is -2.38. The van der Waals surface area contributed by atoms with Crippen LogP contribution in [-0.4, -0.2) is 25.5 Å². The number of methoxy groups -OCH3 is 1. The topological polar surface area (TPSA) is 55.4 Å². The fourth-order valence-corrected chi connectivity index (χ4v) is 1.25. The highest BCUT2D eigenvalue weighted by Crippen LogP contribution is 2.20. The number of nitrogens with one attached hydrogen (secondary N) is 1. The number of rotatable bonds is 4. The van der Waals surface area contributed by atoms with Crippen LogP contribution in [0.25, 0.3) is 0 Å². The Morgan fingerprint density at radius 2 is 1.93 bits per heavy atom. The molecule has 0 spiro atoms. The van der Waals surface area contributed by atoms with E-state index in [1.807, 2.05) is 13.8 Å². The van der Waals surface area contributed by atoms with Crippen LogP contribution in [0.4, 0.5) is 0 Å². The van der Waals surface area contributed by atoms with Gasteiger partial charge in [0.1, 0.15) is 0 Å². The Hall–Kier alpha value is -1.06. The summed E-state index contributed by atoms with van der Waals surface area (Å²) in [7, 11) is 1.19. The van der Waals surface area contributed by atoms with Gasteiger partial charge in [-0.25, -0.2) is 4.79 Å². The zero-order chi connectivity index (χ0) is 11.2. The second-order valence-electron chi connectivity index (χ2n) is 4.09. The lowest BCUT2D eigenvalue weighted by atomic mass is 9.88. The molecule has 0 rings (SSSR count). The van der Waals surface area contributed by atoms with E-state index in [2.05, 4.69) is 17.0 Å². The van der Waals surface area contributed by atoms with Gasteiger partial charge < -0.3 is 10.1 Å². The van der Waals surface area contributed by atoms with Crippen molar-refractivity contribution in [3.63, 3.8) is 0 Å². The third kappa shape index (κ3) is 4.84. The van der Waals surface area contributed by atoms with Crippen LogP contribution in [0.2, 0.25) is 0 Å². The third-order valence-electron chi connectivity index (χ3n) is 2.03. The van der Waals surface area contributed by atoms with Gasteiger partial charge in [0.25, 0.3) is 0 Å². The molecular weight excluding hydrogens is 182 g/mol. The molecule has 0 bridgehead atoms. The maximum atomic E-state index is 11.0. The first-order valence-electron chi connectivity index (χ1n) is 4.79. The molecule has 1 amide bonds. The molecule has 0 aliphatic carbocycles. The van der Waals surface area contributed by atoms with Crippen molar-refractivity contribution < 1.29 is 14.3 Å². The van der Waals surface area contributed by atoms with E-state index in [-0.39, 0.29) is 5.41 Å². The zero-order valence-corrected chi connectivity index (χ0v) is 9.35. The van der Waals surface area contributed by atoms with Gasteiger partial charge in [0.2, 0.25) is 0 Å². The Bertz CT molecular complexity index is 211. The van der Waals surface area contributed by atoms with E-state index in [1.165, 1.54) is 7.11 Å². The first kappa shape index (κ1) is 12.9. The molecule has 0 radical (unpaired) electrons.